The lowest BCUT2D eigenvalue weighted by Crippen LogP contribution is -2.35. The molecule has 0 bridgehead atoms. The van der Waals surface area contributed by atoms with Gasteiger partial charge < -0.3 is 4.74 Å². The number of nitro groups is 1. The number of hydrogen-bond acceptors (Lipinski definition) is 6. The number of benzene rings is 3. The molecular formula is C34H29N5O6. The highest BCUT2D eigenvalue weighted by Gasteiger charge is 2.39. The van der Waals surface area contributed by atoms with E-state index in [4.69, 9.17) is 4.74 Å². The van der Waals surface area contributed by atoms with E-state index in [1.807, 2.05) is 42.5 Å². The van der Waals surface area contributed by atoms with Gasteiger partial charge in [-0.2, -0.15) is 0 Å². The number of allylic oxidation sites excluding steroid dienone is 2. The predicted octanol–water partition coefficient (Wildman–Crippen LogP) is 5.27. The van der Waals surface area contributed by atoms with Crippen molar-refractivity contribution >= 4 is 11.7 Å². The first-order valence-electron chi connectivity index (χ1n) is 14.3. The smallest absolute Gasteiger partial charge is 0.338 e. The van der Waals surface area contributed by atoms with Crippen LogP contribution in [0, 0.1) is 29.9 Å². The van der Waals surface area contributed by atoms with Crippen LogP contribution in [-0.2, 0) is 4.74 Å². The highest BCUT2D eigenvalue weighted by Crippen LogP contribution is 2.38. The zero-order valence-electron chi connectivity index (χ0n) is 24.4. The van der Waals surface area contributed by atoms with Crippen molar-refractivity contribution in [3.63, 3.8) is 0 Å². The number of esters is 1. The predicted molar refractivity (Wildman–Crippen MR) is 168 cm³/mol. The van der Waals surface area contributed by atoms with Gasteiger partial charge in [-0.25, -0.2) is 14.2 Å². The van der Waals surface area contributed by atoms with Crippen LogP contribution in [0.25, 0.3) is 11.4 Å². The molecule has 0 radical (unpaired) electrons. The van der Waals surface area contributed by atoms with Gasteiger partial charge in [-0.15, -0.1) is 0 Å². The number of hydrogen-bond donors (Lipinski definition) is 2. The number of aromatic nitrogens is 4. The minimum Gasteiger partial charge on any atom is -0.454 e. The first-order valence-corrected chi connectivity index (χ1v) is 14.3. The molecule has 0 saturated carbocycles. The molecule has 11 heteroatoms. The molecule has 2 atom stereocenters. The van der Waals surface area contributed by atoms with E-state index < -0.39 is 28.8 Å². The van der Waals surface area contributed by atoms with Gasteiger partial charge in [-0.05, 0) is 56.3 Å². The molecule has 0 spiro atoms. The molecule has 226 valence electrons. The number of non-ortho nitro benzene ring substituents is 1. The monoisotopic (exact) mass is 603 g/mol. The number of H-pyrrole nitrogens is 2. The number of carbonyl (C=O) groups excluding carboxylic acids is 1. The van der Waals surface area contributed by atoms with Crippen molar-refractivity contribution in [2.24, 2.45) is 5.92 Å². The lowest BCUT2D eigenvalue weighted by molar-refractivity contribution is -0.384. The quantitative estimate of drug-likeness (QED) is 0.140. The maximum absolute atomic E-state index is 14.2. The fraction of sp³-hybridized carbons (Fsp3) is 0.147. The summed E-state index contributed by atoms with van der Waals surface area (Å²) in [7, 11) is 0. The molecule has 5 aromatic rings. The maximum atomic E-state index is 14.2. The molecule has 1 aliphatic carbocycles. The molecule has 3 aromatic carbocycles. The van der Waals surface area contributed by atoms with Crippen LogP contribution in [0.5, 0.6) is 0 Å². The molecule has 0 amide bonds. The number of nitrogens with zero attached hydrogens (tertiary/aromatic N) is 3. The summed E-state index contributed by atoms with van der Waals surface area (Å²) in [5.74, 6) is -2.18. The van der Waals surface area contributed by atoms with Crippen LogP contribution in [0.1, 0.15) is 38.8 Å². The summed E-state index contributed by atoms with van der Waals surface area (Å²) < 4.78 is 8.85. The number of ether oxygens (including phenoxy) is 1. The van der Waals surface area contributed by atoms with Gasteiger partial charge in [0, 0.05) is 46.5 Å². The largest absolute Gasteiger partial charge is 0.454 e. The molecule has 6 rings (SSSR count). The van der Waals surface area contributed by atoms with Gasteiger partial charge in [-0.1, -0.05) is 54.6 Å². The Labute approximate surface area is 256 Å². The Kier molecular flexibility index (Phi) is 7.74. The molecule has 2 heterocycles. The van der Waals surface area contributed by atoms with Crippen molar-refractivity contribution in [1.82, 2.24) is 19.6 Å². The van der Waals surface area contributed by atoms with E-state index in [0.29, 0.717) is 33.9 Å². The van der Waals surface area contributed by atoms with Crippen LogP contribution < -0.4 is 11.1 Å². The zero-order valence-corrected chi connectivity index (χ0v) is 24.4. The van der Waals surface area contributed by atoms with Gasteiger partial charge in [-0.3, -0.25) is 29.9 Å². The van der Waals surface area contributed by atoms with Gasteiger partial charge in [0.2, 0.25) is 0 Å². The van der Waals surface area contributed by atoms with Crippen LogP contribution in [-0.4, -0.2) is 36.6 Å². The number of aromatic amines is 2. The summed E-state index contributed by atoms with van der Waals surface area (Å²) in [6, 6.07) is 23.4. The first kappa shape index (κ1) is 29.1. The van der Waals surface area contributed by atoms with Crippen molar-refractivity contribution in [3.05, 3.63) is 168 Å². The molecule has 0 aliphatic heterocycles. The Morgan fingerprint density at radius 2 is 1.27 bits per heavy atom. The van der Waals surface area contributed by atoms with Crippen LogP contribution in [0.4, 0.5) is 5.69 Å². The van der Waals surface area contributed by atoms with E-state index in [1.165, 1.54) is 33.6 Å². The van der Waals surface area contributed by atoms with Crippen molar-refractivity contribution in [3.8, 4) is 11.4 Å². The Hall–Kier alpha value is -5.97. The second kappa shape index (κ2) is 12.0. The first-order chi connectivity index (χ1) is 21.7. The summed E-state index contributed by atoms with van der Waals surface area (Å²) in [5.41, 5.74) is 2.40. The third kappa shape index (κ3) is 5.47. The minimum atomic E-state index is -0.875. The van der Waals surface area contributed by atoms with E-state index in [-0.39, 0.29) is 22.4 Å². The summed E-state index contributed by atoms with van der Waals surface area (Å²) >= 11 is 0. The molecule has 2 aromatic heterocycles. The standard InChI is InChI=1S/C34H29N5O6/c1-21-29(32(40)37(35-21)24-11-5-3-6-12-24)31(30-22(2)36-38(33(30)41)25-13-7-4-8-14-25)27-15-9-10-16-28(27)45-34(42)23-17-19-26(20-18-23)39(43)44/h3-20,27-28,31,35-36H,1-2H3/t27-,28-/m0/s1. The van der Waals surface area contributed by atoms with E-state index in [0.717, 1.165) is 0 Å². The third-order valence-electron chi connectivity index (χ3n) is 7.95. The van der Waals surface area contributed by atoms with E-state index in [9.17, 15) is 24.5 Å². The number of para-hydroxylation sites is 2. The second-order valence-electron chi connectivity index (χ2n) is 10.8. The molecule has 11 nitrogen and oxygen atoms in total. The number of nitro benzene ring substituents is 1. The molecule has 0 saturated heterocycles. The van der Waals surface area contributed by atoms with Crippen LogP contribution >= 0.6 is 0 Å². The van der Waals surface area contributed by atoms with Crippen LogP contribution in [0.2, 0.25) is 0 Å². The Bertz CT molecular complexity index is 1950. The van der Waals surface area contributed by atoms with Gasteiger partial charge in [0.05, 0.1) is 21.9 Å². The van der Waals surface area contributed by atoms with Crippen LogP contribution in [0.15, 0.2) is 119 Å². The van der Waals surface area contributed by atoms with Gasteiger partial charge in [0.15, 0.2) is 0 Å². The summed E-state index contributed by atoms with van der Waals surface area (Å²) in [6.45, 7) is 3.56. The SMILES string of the molecule is Cc1[nH]n(-c2ccccc2)c(=O)c1C(c1c(C)[nH]n(-c2ccccc2)c1=O)[C@H]1C=CC=C[C@@H]1OC(=O)c1ccc([N+](=O)[O-])cc1. The Morgan fingerprint density at radius 1 is 0.778 bits per heavy atom. The summed E-state index contributed by atoms with van der Waals surface area (Å²) in [6.07, 6.45) is 6.19. The average molecular weight is 604 g/mol. The third-order valence-corrected chi connectivity index (χ3v) is 7.95. The van der Waals surface area contributed by atoms with Crippen molar-refractivity contribution in [2.45, 2.75) is 25.9 Å². The van der Waals surface area contributed by atoms with Gasteiger partial charge in [0.1, 0.15) is 6.10 Å². The Morgan fingerprint density at radius 3 is 1.76 bits per heavy atom. The molecule has 1 aliphatic rings. The average Bonchev–Trinajstić information content (AvgIpc) is 3.52. The normalized spacial score (nSPS) is 15.8. The maximum Gasteiger partial charge on any atom is 0.338 e. The fourth-order valence-electron chi connectivity index (χ4n) is 5.83. The summed E-state index contributed by atoms with van der Waals surface area (Å²) in [5, 5.41) is 17.4. The van der Waals surface area contributed by atoms with Crippen molar-refractivity contribution < 1.29 is 14.5 Å². The molecule has 0 unspecified atom stereocenters. The molecular weight excluding hydrogens is 574 g/mol. The number of rotatable bonds is 8. The zero-order chi connectivity index (χ0) is 31.7. The number of nitrogens with one attached hydrogen (secondary N) is 2. The Balaban J connectivity index is 1.48. The van der Waals surface area contributed by atoms with Crippen LogP contribution in [0.3, 0.4) is 0 Å². The van der Waals surface area contributed by atoms with E-state index >= 15 is 0 Å². The molecule has 45 heavy (non-hydrogen) atoms. The lowest BCUT2D eigenvalue weighted by Gasteiger charge is -2.30. The topological polar surface area (TPSA) is 145 Å². The van der Waals surface area contributed by atoms with E-state index in [2.05, 4.69) is 10.2 Å². The molecule has 2 N–H and O–H groups in total. The number of carbonyl (C=O) groups is 1. The fourth-order valence-corrected chi connectivity index (χ4v) is 5.83. The van der Waals surface area contributed by atoms with Gasteiger partial charge in [0.25, 0.3) is 16.8 Å². The van der Waals surface area contributed by atoms with E-state index in [1.54, 1.807) is 56.3 Å². The lowest BCUT2D eigenvalue weighted by atomic mass is 9.76. The van der Waals surface area contributed by atoms with Gasteiger partial charge >= 0.3 is 5.97 Å². The molecule has 0 fully saturated rings. The minimum absolute atomic E-state index is 0.132. The highest BCUT2D eigenvalue weighted by molar-refractivity contribution is 5.89. The highest BCUT2D eigenvalue weighted by atomic mass is 16.6. The van der Waals surface area contributed by atoms with Crippen molar-refractivity contribution in [1.29, 1.82) is 0 Å². The van der Waals surface area contributed by atoms with Crippen molar-refractivity contribution in [2.75, 3.05) is 0 Å². The second-order valence-corrected chi connectivity index (χ2v) is 10.8. The summed E-state index contributed by atoms with van der Waals surface area (Å²) in [4.78, 5) is 52.2. The number of aryl methyl sites for hydroxylation is 2.